The zero-order valence-electron chi connectivity index (χ0n) is 9.25. The molecule has 0 bridgehead atoms. The minimum absolute atomic E-state index is 0.0837. The minimum Gasteiger partial charge on any atom is -0.361 e. The summed E-state index contributed by atoms with van der Waals surface area (Å²) in [7, 11) is 0. The Morgan fingerprint density at radius 1 is 1.69 bits per heavy atom. The Morgan fingerprint density at radius 2 is 2.44 bits per heavy atom. The third kappa shape index (κ3) is 2.45. The molecule has 0 radical (unpaired) electrons. The van der Waals surface area contributed by atoms with Crippen LogP contribution in [0.25, 0.3) is 0 Å². The number of nitrogens with one attached hydrogen (secondary N) is 1. The van der Waals surface area contributed by atoms with Crippen molar-refractivity contribution < 1.29 is 9.32 Å². The molecule has 1 aliphatic rings. The topological polar surface area (TPSA) is 55.1 Å². The van der Waals surface area contributed by atoms with Crippen LogP contribution in [0.3, 0.4) is 0 Å². The van der Waals surface area contributed by atoms with Crippen LogP contribution in [0.1, 0.15) is 35.4 Å². The molecule has 1 aromatic heterocycles. The highest BCUT2D eigenvalue weighted by Gasteiger charge is 2.41. The van der Waals surface area contributed by atoms with Gasteiger partial charge in [0.15, 0.2) is 0 Å². The summed E-state index contributed by atoms with van der Waals surface area (Å²) in [6, 6.07) is 0. The van der Waals surface area contributed by atoms with Gasteiger partial charge in [0.1, 0.15) is 11.3 Å². The Morgan fingerprint density at radius 3 is 2.94 bits per heavy atom. The number of aromatic nitrogens is 1. The van der Waals surface area contributed by atoms with Crippen molar-refractivity contribution in [3.05, 3.63) is 17.5 Å². The van der Waals surface area contributed by atoms with Crippen LogP contribution >= 0.6 is 15.9 Å². The van der Waals surface area contributed by atoms with Crippen molar-refractivity contribution >= 4 is 21.8 Å². The summed E-state index contributed by atoms with van der Waals surface area (Å²) in [6.07, 6.45) is 5.01. The second-order valence-corrected chi connectivity index (χ2v) is 5.21. The SMILES string of the molecule is Cc1oncc1C(=O)NCC1(CCBr)CC1. The lowest BCUT2D eigenvalue weighted by Gasteiger charge is -2.13. The van der Waals surface area contributed by atoms with E-state index in [9.17, 15) is 4.79 Å². The van der Waals surface area contributed by atoms with Gasteiger partial charge in [0.2, 0.25) is 0 Å². The summed E-state index contributed by atoms with van der Waals surface area (Å²) in [5, 5.41) is 7.54. The maximum absolute atomic E-state index is 11.8. The molecule has 5 heteroatoms. The van der Waals surface area contributed by atoms with Crippen LogP contribution in [0.2, 0.25) is 0 Å². The maximum atomic E-state index is 11.8. The van der Waals surface area contributed by atoms with Crippen molar-refractivity contribution in [1.29, 1.82) is 0 Å². The number of halogens is 1. The fourth-order valence-electron chi connectivity index (χ4n) is 1.77. The molecular formula is C11H15BrN2O2. The molecule has 0 aromatic carbocycles. The van der Waals surface area contributed by atoms with Crippen molar-refractivity contribution in [2.45, 2.75) is 26.2 Å². The van der Waals surface area contributed by atoms with Crippen LogP contribution in [-0.2, 0) is 0 Å². The minimum atomic E-state index is -0.0837. The summed E-state index contributed by atoms with van der Waals surface area (Å²) in [5.41, 5.74) is 0.874. The number of aryl methyl sites for hydroxylation is 1. The van der Waals surface area contributed by atoms with Crippen LogP contribution in [-0.4, -0.2) is 22.9 Å². The third-order valence-electron chi connectivity index (χ3n) is 3.20. The van der Waals surface area contributed by atoms with E-state index in [-0.39, 0.29) is 5.91 Å². The first-order valence-electron chi connectivity index (χ1n) is 5.42. The van der Waals surface area contributed by atoms with Gasteiger partial charge in [-0.2, -0.15) is 0 Å². The molecule has 0 atom stereocenters. The smallest absolute Gasteiger partial charge is 0.256 e. The molecule has 0 aliphatic heterocycles. The second kappa shape index (κ2) is 4.57. The number of alkyl halides is 1. The molecule has 2 rings (SSSR count). The van der Waals surface area contributed by atoms with E-state index in [0.717, 1.165) is 18.3 Å². The molecule has 1 aromatic rings. The molecule has 4 nitrogen and oxygen atoms in total. The number of amides is 1. The Balaban J connectivity index is 1.87. The van der Waals surface area contributed by atoms with Gasteiger partial charge in [-0.05, 0) is 31.6 Å². The summed E-state index contributed by atoms with van der Waals surface area (Å²) < 4.78 is 4.86. The fraction of sp³-hybridized carbons (Fsp3) is 0.636. The number of rotatable bonds is 5. The summed E-state index contributed by atoms with van der Waals surface area (Å²) in [4.78, 5) is 11.8. The lowest BCUT2D eigenvalue weighted by molar-refractivity contribution is 0.0943. The van der Waals surface area contributed by atoms with E-state index in [1.807, 2.05) is 0 Å². The second-order valence-electron chi connectivity index (χ2n) is 4.42. The molecule has 1 fully saturated rings. The standard InChI is InChI=1S/C11H15BrN2O2/c1-8-9(6-14-16-8)10(15)13-7-11(2-3-11)4-5-12/h6H,2-5,7H2,1H3,(H,13,15). The Labute approximate surface area is 103 Å². The molecule has 0 saturated heterocycles. The highest BCUT2D eigenvalue weighted by atomic mass is 79.9. The lowest BCUT2D eigenvalue weighted by atomic mass is 10.0. The lowest BCUT2D eigenvalue weighted by Crippen LogP contribution is -2.30. The molecule has 16 heavy (non-hydrogen) atoms. The van der Waals surface area contributed by atoms with E-state index >= 15 is 0 Å². The van der Waals surface area contributed by atoms with Gasteiger partial charge in [-0.3, -0.25) is 4.79 Å². The molecule has 1 heterocycles. The van der Waals surface area contributed by atoms with Crippen LogP contribution in [0.4, 0.5) is 0 Å². The number of nitrogens with zero attached hydrogens (tertiary/aromatic N) is 1. The first kappa shape index (κ1) is 11.6. The van der Waals surface area contributed by atoms with Gasteiger partial charge in [-0.25, -0.2) is 0 Å². The average Bonchev–Trinajstić information content (AvgIpc) is 2.89. The Bertz CT molecular complexity index is 385. The predicted molar refractivity (Wildman–Crippen MR) is 63.7 cm³/mol. The summed E-state index contributed by atoms with van der Waals surface area (Å²) in [5.74, 6) is 0.488. The van der Waals surface area contributed by atoms with Crippen LogP contribution < -0.4 is 5.32 Å². The number of hydrogen-bond donors (Lipinski definition) is 1. The first-order chi connectivity index (χ1) is 7.67. The van der Waals surface area contributed by atoms with Crippen molar-refractivity contribution in [3.63, 3.8) is 0 Å². The van der Waals surface area contributed by atoms with Gasteiger partial charge >= 0.3 is 0 Å². The number of hydrogen-bond acceptors (Lipinski definition) is 3. The van der Waals surface area contributed by atoms with Gasteiger partial charge in [0.25, 0.3) is 5.91 Å². The van der Waals surface area contributed by atoms with Gasteiger partial charge in [0.05, 0.1) is 6.20 Å². The number of carbonyl (C=O) groups is 1. The highest BCUT2D eigenvalue weighted by molar-refractivity contribution is 9.09. The Kier molecular flexibility index (Phi) is 3.33. The molecule has 88 valence electrons. The quantitative estimate of drug-likeness (QED) is 0.845. The van der Waals surface area contributed by atoms with E-state index in [2.05, 4.69) is 26.4 Å². The van der Waals surface area contributed by atoms with Crippen molar-refractivity contribution in [2.75, 3.05) is 11.9 Å². The fourth-order valence-corrected chi connectivity index (χ4v) is 2.61. The number of carbonyl (C=O) groups excluding carboxylic acids is 1. The van der Waals surface area contributed by atoms with Crippen LogP contribution in [0, 0.1) is 12.3 Å². The molecule has 1 N–H and O–H groups in total. The summed E-state index contributed by atoms with van der Waals surface area (Å²) in [6.45, 7) is 2.50. The van der Waals surface area contributed by atoms with Crippen molar-refractivity contribution in [1.82, 2.24) is 10.5 Å². The van der Waals surface area contributed by atoms with Crippen molar-refractivity contribution in [3.8, 4) is 0 Å². The van der Waals surface area contributed by atoms with E-state index in [1.165, 1.54) is 19.0 Å². The van der Waals surface area contributed by atoms with E-state index in [1.54, 1.807) is 6.92 Å². The molecular weight excluding hydrogens is 272 g/mol. The van der Waals surface area contributed by atoms with E-state index < -0.39 is 0 Å². The van der Waals surface area contributed by atoms with Crippen LogP contribution in [0.15, 0.2) is 10.7 Å². The normalized spacial score (nSPS) is 17.1. The average molecular weight is 287 g/mol. The monoisotopic (exact) mass is 286 g/mol. The first-order valence-corrected chi connectivity index (χ1v) is 6.54. The van der Waals surface area contributed by atoms with Gasteiger partial charge in [0, 0.05) is 11.9 Å². The Hall–Kier alpha value is -0.840. The molecule has 0 spiro atoms. The highest BCUT2D eigenvalue weighted by Crippen LogP contribution is 2.48. The largest absolute Gasteiger partial charge is 0.361 e. The molecule has 0 unspecified atom stereocenters. The van der Waals surface area contributed by atoms with Gasteiger partial charge in [-0.15, -0.1) is 0 Å². The molecule has 1 saturated carbocycles. The zero-order valence-corrected chi connectivity index (χ0v) is 10.8. The van der Waals surface area contributed by atoms with Gasteiger partial charge < -0.3 is 9.84 Å². The third-order valence-corrected chi connectivity index (χ3v) is 3.60. The summed E-state index contributed by atoms with van der Waals surface area (Å²) >= 11 is 3.44. The predicted octanol–water partition coefficient (Wildman–Crippen LogP) is 2.28. The van der Waals surface area contributed by atoms with E-state index in [0.29, 0.717) is 16.7 Å². The van der Waals surface area contributed by atoms with E-state index in [4.69, 9.17) is 4.52 Å². The zero-order chi connectivity index (χ0) is 11.6. The van der Waals surface area contributed by atoms with Crippen LogP contribution in [0.5, 0.6) is 0 Å². The maximum Gasteiger partial charge on any atom is 0.256 e. The molecule has 1 aliphatic carbocycles. The van der Waals surface area contributed by atoms with Gasteiger partial charge in [-0.1, -0.05) is 21.1 Å². The van der Waals surface area contributed by atoms with Crippen molar-refractivity contribution in [2.24, 2.45) is 5.41 Å². The molecule has 1 amide bonds.